The van der Waals surface area contributed by atoms with Crippen molar-refractivity contribution in [2.24, 2.45) is 22.4 Å². The highest BCUT2D eigenvalue weighted by atomic mass is 35.5. The number of Topliss-reactive ketones (excluding diaryl/α,β-unsaturated/α-hetero) is 1. The van der Waals surface area contributed by atoms with Gasteiger partial charge in [0.15, 0.2) is 5.60 Å². The molecule has 0 aromatic heterocycles. The van der Waals surface area contributed by atoms with Crippen LogP contribution in [0.4, 0.5) is 0 Å². The molecule has 6 rings (SSSR count). The summed E-state index contributed by atoms with van der Waals surface area (Å²) in [6.45, 7) is 7.57. The van der Waals surface area contributed by atoms with Crippen molar-refractivity contribution in [1.82, 2.24) is 37.2 Å². The van der Waals surface area contributed by atoms with Gasteiger partial charge in [0.1, 0.15) is 12.1 Å². The molecule has 15 heteroatoms. The predicted octanol–water partition coefficient (Wildman–Crippen LogP) is 3.51. The first-order valence-corrected chi connectivity index (χ1v) is 19.9. The number of carbonyl (C=O) groups is 5. The number of hydrogen-bond acceptors (Lipinski definition) is 10. The predicted molar refractivity (Wildman–Crippen MR) is 203 cm³/mol. The highest BCUT2D eigenvalue weighted by Gasteiger charge is 2.56. The molecule has 14 nitrogen and oxygen atoms in total. The van der Waals surface area contributed by atoms with E-state index in [4.69, 9.17) is 16.4 Å². The first-order chi connectivity index (χ1) is 25.8. The number of benzene rings is 1. The number of hydrogen-bond donors (Lipinski definition) is 6. The maximum Gasteiger partial charge on any atom is 0.289 e. The molecule has 1 saturated heterocycles. The summed E-state index contributed by atoms with van der Waals surface area (Å²) in [5.41, 5.74) is 9.31. The van der Waals surface area contributed by atoms with Crippen molar-refractivity contribution < 1.29 is 28.8 Å². The summed E-state index contributed by atoms with van der Waals surface area (Å²) in [5, 5.41) is 13.7. The molecule has 3 aliphatic heterocycles. The fraction of sp³-hybridized carbons (Fsp3) is 0.641. The topological polar surface area (TPSA) is 182 Å². The van der Waals surface area contributed by atoms with Crippen LogP contribution in [0.2, 0.25) is 5.02 Å². The van der Waals surface area contributed by atoms with Crippen LogP contribution >= 0.6 is 11.6 Å². The number of amides is 4. The van der Waals surface area contributed by atoms with Gasteiger partial charge in [0.05, 0.1) is 18.3 Å². The Kier molecular flexibility index (Phi) is 12.2. The summed E-state index contributed by atoms with van der Waals surface area (Å²) in [6.07, 6.45) is 10.2. The van der Waals surface area contributed by atoms with Gasteiger partial charge in [-0.3, -0.25) is 24.0 Å². The number of nitrogens with zero attached hydrogens (tertiary/aromatic N) is 2. The van der Waals surface area contributed by atoms with Gasteiger partial charge in [-0.05, 0) is 55.6 Å². The van der Waals surface area contributed by atoms with Gasteiger partial charge in [-0.15, -0.1) is 0 Å². The molecule has 3 heterocycles. The molecule has 294 valence electrons. The van der Waals surface area contributed by atoms with Gasteiger partial charge in [0.2, 0.25) is 23.5 Å². The molecule has 5 aliphatic rings. The van der Waals surface area contributed by atoms with Gasteiger partial charge >= 0.3 is 0 Å². The molecule has 2 aliphatic carbocycles. The van der Waals surface area contributed by atoms with Gasteiger partial charge < -0.3 is 36.5 Å². The van der Waals surface area contributed by atoms with E-state index >= 15 is 0 Å². The van der Waals surface area contributed by atoms with Crippen molar-refractivity contribution >= 4 is 46.7 Å². The smallest absolute Gasteiger partial charge is 0.289 e. The number of hydrazine groups is 2. The van der Waals surface area contributed by atoms with Crippen molar-refractivity contribution in [3.63, 3.8) is 0 Å². The van der Waals surface area contributed by atoms with E-state index in [1.54, 1.807) is 18.3 Å². The molecule has 5 unspecified atom stereocenters. The van der Waals surface area contributed by atoms with E-state index in [0.717, 1.165) is 56.2 Å². The van der Waals surface area contributed by atoms with Crippen LogP contribution in [-0.4, -0.2) is 76.3 Å². The monoisotopic (exact) mass is 766 g/mol. The summed E-state index contributed by atoms with van der Waals surface area (Å²) in [5.74, 6) is -2.85. The van der Waals surface area contributed by atoms with Crippen LogP contribution in [0.25, 0.3) is 0 Å². The van der Waals surface area contributed by atoms with E-state index in [2.05, 4.69) is 37.5 Å². The van der Waals surface area contributed by atoms with Crippen molar-refractivity contribution in [2.45, 2.75) is 135 Å². The molecule has 6 N–H and O–H groups in total. The van der Waals surface area contributed by atoms with Gasteiger partial charge in [-0.1, -0.05) is 82.3 Å². The van der Waals surface area contributed by atoms with Crippen LogP contribution in [0.5, 0.6) is 0 Å². The lowest BCUT2D eigenvalue weighted by molar-refractivity contribution is -0.146. The molecule has 3 fully saturated rings. The number of likely N-dealkylation sites (tertiary alicyclic amines) is 1. The average Bonchev–Trinajstić information content (AvgIpc) is 3.49. The number of rotatable bonds is 14. The quantitative estimate of drug-likeness (QED) is 0.155. The first-order valence-electron chi connectivity index (χ1n) is 19.5. The number of carbonyl (C=O) groups excluding carboxylic acids is 5. The Morgan fingerprint density at radius 3 is 2.48 bits per heavy atom. The lowest BCUT2D eigenvalue weighted by Crippen LogP contribution is -2.60. The average molecular weight is 767 g/mol. The second-order valence-electron chi connectivity index (χ2n) is 16.7. The Morgan fingerprint density at radius 1 is 1.07 bits per heavy atom. The Labute approximate surface area is 322 Å². The molecule has 0 bridgehead atoms. The molecular formula is C39H55ClN8O6. The molecule has 4 amide bonds. The van der Waals surface area contributed by atoms with Crippen LogP contribution < -0.4 is 32.3 Å². The summed E-state index contributed by atoms with van der Waals surface area (Å²) in [4.78, 5) is 77.3. The van der Waals surface area contributed by atoms with Crippen LogP contribution in [0.15, 0.2) is 41.3 Å². The fourth-order valence-corrected chi connectivity index (χ4v) is 8.31. The van der Waals surface area contributed by atoms with Crippen molar-refractivity contribution in [1.29, 1.82) is 0 Å². The minimum Gasteiger partial charge on any atom is -0.387 e. The third kappa shape index (κ3) is 9.37. The molecule has 54 heavy (non-hydrogen) atoms. The Morgan fingerprint density at radius 2 is 1.83 bits per heavy atom. The highest BCUT2D eigenvalue weighted by Crippen LogP contribution is 2.41. The van der Waals surface area contributed by atoms with Crippen LogP contribution in [0, 0.1) is 17.3 Å². The van der Waals surface area contributed by atoms with Crippen LogP contribution in [0.1, 0.15) is 110 Å². The van der Waals surface area contributed by atoms with Crippen molar-refractivity contribution in [3.8, 4) is 0 Å². The third-order valence-corrected chi connectivity index (χ3v) is 11.5. The molecule has 1 spiro atoms. The lowest BCUT2D eigenvalue weighted by atomic mass is 9.77. The van der Waals surface area contributed by atoms with Gasteiger partial charge in [-0.2, -0.15) is 5.53 Å². The minimum atomic E-state index is -1.06. The van der Waals surface area contributed by atoms with Crippen LogP contribution in [0.3, 0.4) is 0 Å². The number of halogens is 1. The number of allylic oxidation sites excluding steroid dienone is 1. The highest BCUT2D eigenvalue weighted by molar-refractivity contribution is 6.38. The zero-order chi connectivity index (χ0) is 38.6. The maximum absolute atomic E-state index is 15.0. The zero-order valence-electron chi connectivity index (χ0n) is 31.8. The first kappa shape index (κ1) is 39.5. The van der Waals surface area contributed by atoms with Crippen LogP contribution in [-0.2, 0) is 28.8 Å². The normalized spacial score (nSPS) is 24.3. The fourth-order valence-electron chi connectivity index (χ4n) is 8.12. The molecule has 1 aromatic carbocycles. The third-order valence-electron chi connectivity index (χ3n) is 11.3. The number of ketones is 1. The SMILES string of the molecule is CCCC(NC(=O)C1CC2(CC(c3cccc(Cl)c3)=NO2)CN1C(=O)C(NC(=O)C(CC1=CNNN1)C1CCCCC1)C(C)(C)C)C(=O)C(=O)NC1CC1. The summed E-state index contributed by atoms with van der Waals surface area (Å²) < 4.78 is 0. The van der Waals surface area contributed by atoms with Gasteiger partial charge in [0.25, 0.3) is 5.91 Å². The Hall–Kier alpha value is -4.17. The second-order valence-corrected chi connectivity index (χ2v) is 17.2. The van der Waals surface area contributed by atoms with E-state index in [0.29, 0.717) is 30.0 Å². The molecular weight excluding hydrogens is 712 g/mol. The standard InChI is InChI=1S/C39H55ClN8O6/c1-5-10-29(32(49)36(52)42-26-15-16-26)43-35(51)31-20-39(19-30(46-54-39)24-13-9-14-25(40)17-24)22-48(31)37(53)33(38(2,3)4)44-34(50)28(18-27-21-41-47-45-27)23-11-7-6-8-12-23/h9,13-14,17,21,23,26,28-29,31,33,41,45,47H,5-8,10-12,15-16,18-20,22H2,1-4H3,(H,42,52)(H,43,51)(H,44,50). The van der Waals surface area contributed by atoms with Gasteiger partial charge in [-0.25, -0.2) is 0 Å². The summed E-state index contributed by atoms with van der Waals surface area (Å²) in [7, 11) is 0. The minimum absolute atomic E-state index is 0.0165. The number of nitrogens with one attached hydrogen (secondary N) is 6. The van der Waals surface area contributed by atoms with E-state index in [1.165, 1.54) is 4.90 Å². The molecule has 5 atom stereocenters. The van der Waals surface area contributed by atoms with Crippen molar-refractivity contribution in [3.05, 3.63) is 46.7 Å². The van der Waals surface area contributed by atoms with E-state index in [-0.39, 0.29) is 43.2 Å². The molecule has 0 radical (unpaired) electrons. The van der Waals surface area contributed by atoms with E-state index in [9.17, 15) is 24.0 Å². The summed E-state index contributed by atoms with van der Waals surface area (Å²) in [6, 6.07) is 4.11. The summed E-state index contributed by atoms with van der Waals surface area (Å²) >= 11 is 6.29. The maximum atomic E-state index is 15.0. The molecule has 2 saturated carbocycles. The largest absolute Gasteiger partial charge is 0.387 e. The Balaban J connectivity index is 1.26. The Bertz CT molecular complexity index is 1670. The lowest BCUT2D eigenvalue weighted by Gasteiger charge is -2.37. The van der Waals surface area contributed by atoms with E-state index in [1.807, 2.05) is 39.8 Å². The van der Waals surface area contributed by atoms with Gasteiger partial charge in [0, 0.05) is 53.7 Å². The second kappa shape index (κ2) is 16.7. The van der Waals surface area contributed by atoms with E-state index < -0.39 is 52.6 Å². The zero-order valence-corrected chi connectivity index (χ0v) is 32.5. The number of oxime groups is 1. The molecule has 1 aromatic rings. The van der Waals surface area contributed by atoms with Crippen molar-refractivity contribution in [2.75, 3.05) is 6.54 Å².